The number of benzene rings is 1. The number of nitrogens with zero attached hydrogens (tertiary/aromatic N) is 2. The first-order valence-electron chi connectivity index (χ1n) is 10.4. The van der Waals surface area contributed by atoms with E-state index in [1.165, 1.54) is 22.4 Å². The summed E-state index contributed by atoms with van der Waals surface area (Å²) in [7, 11) is 0. The molecule has 0 saturated heterocycles. The molecule has 1 aromatic carbocycles. The summed E-state index contributed by atoms with van der Waals surface area (Å²) in [4.78, 5) is 16.9. The minimum atomic E-state index is -0.460. The summed E-state index contributed by atoms with van der Waals surface area (Å²) in [5.74, 6) is 1.02. The van der Waals surface area contributed by atoms with E-state index >= 15 is 0 Å². The van der Waals surface area contributed by atoms with Gasteiger partial charge in [0, 0.05) is 19.6 Å². The standard InChI is InChI=1S/C22H34N2O3/c1-6-10-23-13-14-26-19-15-16-8-11-24(21(25)27-22(3,4)5)12-9-18(16)17(7-2)20(19)23/h15H,6-14H2,1-5H3. The molecule has 27 heavy (non-hydrogen) atoms. The number of ether oxygens (including phenoxy) is 2. The molecule has 0 fully saturated rings. The second-order valence-electron chi connectivity index (χ2n) is 8.50. The van der Waals surface area contributed by atoms with Crippen LogP contribution in [0.3, 0.4) is 0 Å². The summed E-state index contributed by atoms with van der Waals surface area (Å²) in [6.45, 7) is 14.4. The van der Waals surface area contributed by atoms with Gasteiger partial charge < -0.3 is 19.3 Å². The molecular weight excluding hydrogens is 340 g/mol. The molecule has 5 heteroatoms. The Labute approximate surface area is 163 Å². The van der Waals surface area contributed by atoms with Gasteiger partial charge >= 0.3 is 6.09 Å². The van der Waals surface area contributed by atoms with Crippen LogP contribution in [0, 0.1) is 0 Å². The molecule has 0 spiro atoms. The third-order valence-electron chi connectivity index (χ3n) is 5.29. The molecule has 2 aliphatic heterocycles. The molecule has 1 amide bonds. The first kappa shape index (κ1) is 19.8. The molecule has 2 heterocycles. The Morgan fingerprint density at radius 1 is 1.19 bits per heavy atom. The fourth-order valence-electron chi connectivity index (χ4n) is 4.17. The number of amides is 1. The predicted octanol–water partition coefficient (Wildman–Crippen LogP) is 4.19. The summed E-state index contributed by atoms with van der Waals surface area (Å²) in [6.07, 6.45) is 3.65. The van der Waals surface area contributed by atoms with Gasteiger partial charge in [-0.25, -0.2) is 4.79 Å². The highest BCUT2D eigenvalue weighted by Gasteiger charge is 2.29. The number of fused-ring (bicyclic) bond motifs is 2. The SMILES string of the molecule is CCCN1CCOc2cc3c(c(CC)c21)CCN(C(=O)OC(C)(C)C)CC3. The predicted molar refractivity (Wildman–Crippen MR) is 109 cm³/mol. The van der Waals surface area contributed by atoms with Crippen LogP contribution < -0.4 is 9.64 Å². The molecule has 3 rings (SSSR count). The van der Waals surface area contributed by atoms with Crippen molar-refractivity contribution >= 4 is 11.8 Å². The molecule has 0 aromatic heterocycles. The molecule has 0 radical (unpaired) electrons. The Morgan fingerprint density at radius 3 is 2.59 bits per heavy atom. The van der Waals surface area contributed by atoms with Crippen LogP contribution in [0.4, 0.5) is 10.5 Å². The van der Waals surface area contributed by atoms with Crippen molar-refractivity contribution in [3.8, 4) is 5.75 Å². The number of rotatable bonds is 3. The average molecular weight is 375 g/mol. The van der Waals surface area contributed by atoms with E-state index in [-0.39, 0.29) is 6.09 Å². The van der Waals surface area contributed by atoms with Gasteiger partial charge in [0.15, 0.2) is 0 Å². The Hall–Kier alpha value is -1.91. The fraction of sp³-hybridized carbons (Fsp3) is 0.682. The van der Waals surface area contributed by atoms with Crippen LogP contribution in [0.15, 0.2) is 6.07 Å². The van der Waals surface area contributed by atoms with Gasteiger partial charge in [-0.05, 0) is 69.2 Å². The lowest BCUT2D eigenvalue weighted by Crippen LogP contribution is -2.38. The van der Waals surface area contributed by atoms with Gasteiger partial charge in [-0.2, -0.15) is 0 Å². The summed E-state index contributed by atoms with van der Waals surface area (Å²) in [6, 6.07) is 2.23. The molecule has 1 aromatic rings. The van der Waals surface area contributed by atoms with Gasteiger partial charge in [0.2, 0.25) is 0 Å². The van der Waals surface area contributed by atoms with Crippen LogP contribution >= 0.6 is 0 Å². The summed E-state index contributed by atoms with van der Waals surface area (Å²) in [5.41, 5.74) is 4.97. The lowest BCUT2D eigenvalue weighted by molar-refractivity contribution is 0.0258. The van der Waals surface area contributed by atoms with Gasteiger partial charge in [0.25, 0.3) is 0 Å². The normalized spacial score (nSPS) is 16.9. The molecule has 150 valence electrons. The zero-order valence-corrected chi connectivity index (χ0v) is 17.6. The van der Waals surface area contributed by atoms with E-state index < -0.39 is 5.60 Å². The van der Waals surface area contributed by atoms with Crippen molar-refractivity contribution < 1.29 is 14.3 Å². The van der Waals surface area contributed by atoms with Gasteiger partial charge in [0.05, 0.1) is 12.2 Å². The van der Waals surface area contributed by atoms with Crippen LogP contribution in [-0.4, -0.2) is 49.4 Å². The molecule has 0 N–H and O–H groups in total. The highest BCUT2D eigenvalue weighted by molar-refractivity contribution is 5.71. The minimum Gasteiger partial charge on any atom is -0.490 e. The van der Waals surface area contributed by atoms with Crippen molar-refractivity contribution in [3.05, 3.63) is 22.8 Å². The van der Waals surface area contributed by atoms with Crippen LogP contribution in [0.1, 0.15) is 57.7 Å². The second kappa shape index (κ2) is 7.99. The zero-order chi connectivity index (χ0) is 19.6. The van der Waals surface area contributed by atoms with E-state index in [4.69, 9.17) is 9.47 Å². The van der Waals surface area contributed by atoms with Crippen LogP contribution in [0.5, 0.6) is 5.75 Å². The summed E-state index contributed by atoms with van der Waals surface area (Å²) < 4.78 is 11.6. The van der Waals surface area contributed by atoms with Crippen molar-refractivity contribution in [2.24, 2.45) is 0 Å². The molecular formula is C22H34N2O3. The molecule has 0 unspecified atom stereocenters. The van der Waals surface area contributed by atoms with Crippen molar-refractivity contribution in [2.75, 3.05) is 37.7 Å². The number of hydrogen-bond donors (Lipinski definition) is 0. The maximum atomic E-state index is 12.5. The minimum absolute atomic E-state index is 0.207. The number of carbonyl (C=O) groups is 1. The van der Waals surface area contributed by atoms with Gasteiger partial charge in [-0.15, -0.1) is 0 Å². The summed E-state index contributed by atoms with van der Waals surface area (Å²) in [5, 5.41) is 0. The van der Waals surface area contributed by atoms with E-state index in [1.54, 1.807) is 0 Å². The summed E-state index contributed by atoms with van der Waals surface area (Å²) >= 11 is 0. The highest BCUT2D eigenvalue weighted by Crippen LogP contribution is 2.40. The zero-order valence-electron chi connectivity index (χ0n) is 17.6. The Balaban J connectivity index is 1.89. The molecule has 0 aliphatic carbocycles. The second-order valence-corrected chi connectivity index (χ2v) is 8.50. The Bertz CT molecular complexity index is 694. The third kappa shape index (κ3) is 4.33. The Morgan fingerprint density at radius 2 is 1.93 bits per heavy atom. The van der Waals surface area contributed by atoms with Crippen molar-refractivity contribution in [1.29, 1.82) is 0 Å². The third-order valence-corrected chi connectivity index (χ3v) is 5.29. The number of carbonyl (C=O) groups excluding carboxylic acids is 1. The molecule has 2 aliphatic rings. The first-order valence-corrected chi connectivity index (χ1v) is 10.4. The number of anilines is 1. The maximum Gasteiger partial charge on any atom is 0.410 e. The van der Waals surface area contributed by atoms with E-state index in [2.05, 4.69) is 24.8 Å². The van der Waals surface area contributed by atoms with Gasteiger partial charge in [-0.3, -0.25) is 0 Å². The molecule has 5 nitrogen and oxygen atoms in total. The molecule has 0 atom stereocenters. The van der Waals surface area contributed by atoms with Crippen LogP contribution in [0.25, 0.3) is 0 Å². The average Bonchev–Trinajstić information content (AvgIpc) is 2.81. The van der Waals surface area contributed by atoms with E-state index in [1.807, 2.05) is 25.7 Å². The van der Waals surface area contributed by atoms with Crippen molar-refractivity contribution in [1.82, 2.24) is 4.90 Å². The van der Waals surface area contributed by atoms with Crippen LogP contribution in [0.2, 0.25) is 0 Å². The Kier molecular flexibility index (Phi) is 5.87. The monoisotopic (exact) mass is 374 g/mol. The van der Waals surface area contributed by atoms with Crippen molar-refractivity contribution in [3.63, 3.8) is 0 Å². The van der Waals surface area contributed by atoms with Crippen molar-refractivity contribution in [2.45, 2.75) is 65.9 Å². The highest BCUT2D eigenvalue weighted by atomic mass is 16.6. The van der Waals surface area contributed by atoms with E-state index in [0.717, 1.165) is 51.1 Å². The molecule has 0 bridgehead atoms. The fourth-order valence-corrected chi connectivity index (χ4v) is 4.17. The first-order chi connectivity index (χ1) is 12.8. The number of hydrogen-bond acceptors (Lipinski definition) is 4. The lowest BCUT2D eigenvalue weighted by Gasteiger charge is -2.34. The molecule has 0 saturated carbocycles. The van der Waals surface area contributed by atoms with E-state index in [0.29, 0.717) is 13.1 Å². The lowest BCUT2D eigenvalue weighted by atomic mass is 9.92. The van der Waals surface area contributed by atoms with Gasteiger partial charge in [-0.1, -0.05) is 13.8 Å². The topological polar surface area (TPSA) is 42.0 Å². The van der Waals surface area contributed by atoms with Gasteiger partial charge in [0.1, 0.15) is 18.0 Å². The van der Waals surface area contributed by atoms with Crippen LogP contribution in [-0.2, 0) is 24.0 Å². The largest absolute Gasteiger partial charge is 0.490 e. The quantitative estimate of drug-likeness (QED) is 0.795. The van der Waals surface area contributed by atoms with E-state index in [9.17, 15) is 4.79 Å². The maximum absolute atomic E-state index is 12.5. The smallest absolute Gasteiger partial charge is 0.410 e.